The first-order valence-corrected chi connectivity index (χ1v) is 7.46. The minimum Gasteiger partial charge on any atom is -0.341 e. The summed E-state index contributed by atoms with van der Waals surface area (Å²) >= 11 is 0. The van der Waals surface area contributed by atoms with E-state index in [1.807, 2.05) is 30.3 Å². The average Bonchev–Trinajstić information content (AvgIpc) is 2.84. The standard InChI is InChI=1S/C17H18N4/c18-13-15-12-16(14-8-4-3-5-9-14)20-17(19-15)21-10-6-1-2-7-11-21/h3-5,8-9,12H,1-2,6-7,10-11H2. The van der Waals surface area contributed by atoms with Crippen LogP contribution in [0.2, 0.25) is 0 Å². The lowest BCUT2D eigenvalue weighted by Crippen LogP contribution is -2.26. The first-order chi connectivity index (χ1) is 10.4. The Morgan fingerprint density at radius 1 is 0.952 bits per heavy atom. The van der Waals surface area contributed by atoms with Gasteiger partial charge in [0.25, 0.3) is 0 Å². The van der Waals surface area contributed by atoms with Crippen molar-refractivity contribution in [3.63, 3.8) is 0 Å². The van der Waals surface area contributed by atoms with Crippen LogP contribution < -0.4 is 4.90 Å². The summed E-state index contributed by atoms with van der Waals surface area (Å²) in [4.78, 5) is 11.3. The molecule has 1 aliphatic rings. The highest BCUT2D eigenvalue weighted by molar-refractivity contribution is 5.61. The van der Waals surface area contributed by atoms with E-state index in [-0.39, 0.29) is 0 Å². The van der Waals surface area contributed by atoms with Crippen LogP contribution in [0.5, 0.6) is 0 Å². The Kier molecular flexibility index (Phi) is 4.11. The second-order valence-corrected chi connectivity index (χ2v) is 5.32. The molecule has 0 N–H and O–H groups in total. The second-order valence-electron chi connectivity index (χ2n) is 5.32. The number of hydrogen-bond acceptors (Lipinski definition) is 4. The quantitative estimate of drug-likeness (QED) is 0.845. The number of nitrogens with zero attached hydrogens (tertiary/aromatic N) is 4. The highest BCUT2D eigenvalue weighted by atomic mass is 15.2. The molecule has 0 atom stereocenters. The minimum absolute atomic E-state index is 0.433. The Labute approximate surface area is 125 Å². The van der Waals surface area contributed by atoms with Crippen LogP contribution in [0.4, 0.5) is 5.95 Å². The van der Waals surface area contributed by atoms with Gasteiger partial charge in [0, 0.05) is 24.7 Å². The molecule has 2 heterocycles. The van der Waals surface area contributed by atoms with Gasteiger partial charge in [-0.3, -0.25) is 0 Å². The summed E-state index contributed by atoms with van der Waals surface area (Å²) in [5.41, 5.74) is 2.27. The summed E-state index contributed by atoms with van der Waals surface area (Å²) < 4.78 is 0. The topological polar surface area (TPSA) is 52.8 Å². The van der Waals surface area contributed by atoms with Gasteiger partial charge < -0.3 is 4.90 Å². The van der Waals surface area contributed by atoms with Gasteiger partial charge in [-0.2, -0.15) is 5.26 Å². The number of hydrogen-bond donors (Lipinski definition) is 0. The Balaban J connectivity index is 1.99. The van der Waals surface area contributed by atoms with Crippen LogP contribution in [0, 0.1) is 11.3 Å². The van der Waals surface area contributed by atoms with Crippen LogP contribution >= 0.6 is 0 Å². The van der Waals surface area contributed by atoms with Gasteiger partial charge in [0.2, 0.25) is 5.95 Å². The molecular weight excluding hydrogens is 260 g/mol. The van der Waals surface area contributed by atoms with E-state index in [1.54, 1.807) is 6.07 Å². The van der Waals surface area contributed by atoms with Gasteiger partial charge in [-0.05, 0) is 12.8 Å². The molecular formula is C17H18N4. The Bertz CT molecular complexity index is 638. The lowest BCUT2D eigenvalue weighted by atomic mass is 10.1. The van der Waals surface area contributed by atoms with Gasteiger partial charge in [-0.1, -0.05) is 43.2 Å². The van der Waals surface area contributed by atoms with Crippen molar-refractivity contribution in [3.8, 4) is 17.3 Å². The molecule has 106 valence electrons. The van der Waals surface area contributed by atoms with Gasteiger partial charge in [-0.15, -0.1) is 0 Å². The van der Waals surface area contributed by atoms with Crippen molar-refractivity contribution in [1.82, 2.24) is 9.97 Å². The Morgan fingerprint density at radius 2 is 1.67 bits per heavy atom. The van der Waals surface area contributed by atoms with Gasteiger partial charge in [0.15, 0.2) is 0 Å². The molecule has 1 aliphatic heterocycles. The lowest BCUT2D eigenvalue weighted by Gasteiger charge is -2.20. The van der Waals surface area contributed by atoms with Gasteiger partial charge in [0.05, 0.1) is 5.69 Å². The zero-order valence-electron chi connectivity index (χ0n) is 12.0. The van der Waals surface area contributed by atoms with E-state index in [9.17, 15) is 5.26 Å². The number of benzene rings is 1. The van der Waals surface area contributed by atoms with Crippen molar-refractivity contribution in [3.05, 3.63) is 42.1 Å². The van der Waals surface area contributed by atoms with Crippen molar-refractivity contribution < 1.29 is 0 Å². The monoisotopic (exact) mass is 278 g/mol. The van der Waals surface area contributed by atoms with Crippen molar-refractivity contribution in [1.29, 1.82) is 5.26 Å². The Hall–Kier alpha value is -2.41. The van der Waals surface area contributed by atoms with Crippen LogP contribution in [0.15, 0.2) is 36.4 Å². The van der Waals surface area contributed by atoms with E-state index in [2.05, 4.69) is 20.9 Å². The molecule has 0 bridgehead atoms. The van der Waals surface area contributed by atoms with Crippen molar-refractivity contribution in [2.45, 2.75) is 25.7 Å². The van der Waals surface area contributed by atoms with E-state index < -0.39 is 0 Å². The fourth-order valence-corrected chi connectivity index (χ4v) is 2.66. The van der Waals surface area contributed by atoms with Crippen LogP contribution in [0.25, 0.3) is 11.3 Å². The normalized spacial score (nSPS) is 15.3. The molecule has 1 fully saturated rings. The maximum absolute atomic E-state index is 9.23. The van der Waals surface area contributed by atoms with Crippen LogP contribution in [0.1, 0.15) is 31.4 Å². The molecule has 4 nitrogen and oxygen atoms in total. The number of aromatic nitrogens is 2. The van der Waals surface area contributed by atoms with Crippen molar-refractivity contribution in [2.75, 3.05) is 18.0 Å². The minimum atomic E-state index is 0.433. The van der Waals surface area contributed by atoms with E-state index in [0.29, 0.717) is 11.6 Å². The third-order valence-corrected chi connectivity index (χ3v) is 3.79. The van der Waals surface area contributed by atoms with Crippen molar-refractivity contribution >= 4 is 5.95 Å². The molecule has 0 spiro atoms. The van der Waals surface area contributed by atoms with Gasteiger partial charge in [-0.25, -0.2) is 9.97 Å². The summed E-state index contributed by atoms with van der Waals surface area (Å²) in [5.74, 6) is 0.690. The predicted octanol–water partition coefficient (Wildman–Crippen LogP) is 3.40. The largest absolute Gasteiger partial charge is 0.341 e. The summed E-state index contributed by atoms with van der Waals surface area (Å²) in [5, 5.41) is 9.23. The highest BCUT2D eigenvalue weighted by Gasteiger charge is 2.15. The van der Waals surface area contributed by atoms with Crippen LogP contribution in [-0.2, 0) is 0 Å². The third kappa shape index (κ3) is 3.19. The molecule has 1 saturated heterocycles. The average molecular weight is 278 g/mol. The molecule has 0 aliphatic carbocycles. The third-order valence-electron chi connectivity index (χ3n) is 3.79. The summed E-state index contributed by atoms with van der Waals surface area (Å²) in [7, 11) is 0. The maximum atomic E-state index is 9.23. The lowest BCUT2D eigenvalue weighted by molar-refractivity contribution is 0.726. The number of anilines is 1. The predicted molar refractivity (Wildman–Crippen MR) is 82.9 cm³/mol. The molecule has 4 heteroatoms. The van der Waals surface area contributed by atoms with Gasteiger partial charge in [0.1, 0.15) is 11.8 Å². The molecule has 3 rings (SSSR count). The molecule has 0 saturated carbocycles. The van der Waals surface area contributed by atoms with Crippen LogP contribution in [0.3, 0.4) is 0 Å². The second kappa shape index (κ2) is 6.36. The molecule has 1 aromatic carbocycles. The zero-order chi connectivity index (χ0) is 14.5. The van der Waals surface area contributed by atoms with Crippen LogP contribution in [-0.4, -0.2) is 23.1 Å². The number of nitriles is 1. The summed E-state index contributed by atoms with van der Waals surface area (Å²) in [6.45, 7) is 1.95. The smallest absolute Gasteiger partial charge is 0.227 e. The van der Waals surface area contributed by atoms with E-state index in [4.69, 9.17) is 0 Å². The first kappa shape index (κ1) is 13.6. The van der Waals surface area contributed by atoms with E-state index in [0.717, 1.165) is 24.3 Å². The molecule has 0 unspecified atom stereocenters. The Morgan fingerprint density at radius 3 is 2.33 bits per heavy atom. The van der Waals surface area contributed by atoms with Crippen molar-refractivity contribution in [2.24, 2.45) is 0 Å². The molecule has 0 amide bonds. The SMILES string of the molecule is N#Cc1cc(-c2ccccc2)nc(N2CCCCCC2)n1. The fourth-order valence-electron chi connectivity index (χ4n) is 2.66. The van der Waals surface area contributed by atoms with Gasteiger partial charge >= 0.3 is 0 Å². The summed E-state index contributed by atoms with van der Waals surface area (Å²) in [6, 6.07) is 13.9. The molecule has 21 heavy (non-hydrogen) atoms. The highest BCUT2D eigenvalue weighted by Crippen LogP contribution is 2.22. The molecule has 2 aromatic rings. The van der Waals surface area contributed by atoms with E-state index in [1.165, 1.54) is 25.7 Å². The molecule has 1 aromatic heterocycles. The van der Waals surface area contributed by atoms with E-state index >= 15 is 0 Å². The number of rotatable bonds is 2. The first-order valence-electron chi connectivity index (χ1n) is 7.46. The fraction of sp³-hybridized carbons (Fsp3) is 0.353. The zero-order valence-corrected chi connectivity index (χ0v) is 12.0. The maximum Gasteiger partial charge on any atom is 0.227 e. The molecule has 0 radical (unpaired) electrons. The summed E-state index contributed by atoms with van der Waals surface area (Å²) in [6.07, 6.45) is 4.86.